The molecule has 1 amide bonds. The molecule has 0 aliphatic carbocycles. The van der Waals surface area contributed by atoms with E-state index in [-0.39, 0.29) is 18.1 Å². The van der Waals surface area contributed by atoms with E-state index < -0.39 is 4.92 Å². The maximum absolute atomic E-state index is 12.0. The number of carbonyl (C=O) groups is 1. The van der Waals surface area contributed by atoms with Crippen LogP contribution < -0.4 is 5.32 Å². The Kier molecular flexibility index (Phi) is 5.64. The molecule has 0 saturated heterocycles. The predicted octanol–water partition coefficient (Wildman–Crippen LogP) is 3.49. The van der Waals surface area contributed by atoms with Gasteiger partial charge in [0.25, 0.3) is 5.69 Å². The Bertz CT molecular complexity index is 689. The van der Waals surface area contributed by atoms with Crippen molar-refractivity contribution in [2.75, 3.05) is 18.9 Å². The summed E-state index contributed by atoms with van der Waals surface area (Å²) in [5.41, 5.74) is 0.376. The Morgan fingerprint density at radius 2 is 2.18 bits per heavy atom. The van der Waals surface area contributed by atoms with Crippen molar-refractivity contribution in [2.24, 2.45) is 0 Å². The number of nitro benzene ring substituents is 1. The summed E-state index contributed by atoms with van der Waals surface area (Å²) >= 11 is 5.02. The van der Waals surface area contributed by atoms with Crippen LogP contribution in [0.25, 0.3) is 0 Å². The summed E-state index contributed by atoms with van der Waals surface area (Å²) in [6, 6.07) is 9.87. The molecule has 0 aliphatic heterocycles. The highest BCUT2D eigenvalue weighted by Crippen LogP contribution is 2.23. The van der Waals surface area contributed by atoms with Crippen LogP contribution in [0.3, 0.4) is 0 Å². The lowest BCUT2D eigenvalue weighted by Crippen LogP contribution is -2.29. The number of hydrogen-bond donors (Lipinski definition) is 1. The number of non-ortho nitro benzene ring substituents is 1. The summed E-state index contributed by atoms with van der Waals surface area (Å²) in [7, 11) is 1.85. The number of amides is 1. The molecule has 0 spiro atoms. The van der Waals surface area contributed by atoms with Crippen LogP contribution in [-0.4, -0.2) is 29.3 Å². The van der Waals surface area contributed by atoms with Crippen molar-refractivity contribution in [3.8, 4) is 0 Å². The van der Waals surface area contributed by atoms with Crippen molar-refractivity contribution < 1.29 is 9.72 Å². The van der Waals surface area contributed by atoms with Gasteiger partial charge in [-0.05, 0) is 41.2 Å². The average molecular weight is 384 g/mol. The van der Waals surface area contributed by atoms with E-state index in [1.54, 1.807) is 23.5 Å². The maximum Gasteiger partial charge on any atom is 0.271 e. The van der Waals surface area contributed by atoms with Gasteiger partial charge in [0.05, 0.1) is 15.3 Å². The van der Waals surface area contributed by atoms with Crippen LogP contribution in [-0.2, 0) is 11.3 Å². The van der Waals surface area contributed by atoms with Crippen LogP contribution in [0.4, 0.5) is 11.4 Å². The molecule has 0 bridgehead atoms. The first-order chi connectivity index (χ1) is 10.4. The molecule has 0 radical (unpaired) electrons. The van der Waals surface area contributed by atoms with Gasteiger partial charge in [0.2, 0.25) is 5.91 Å². The third kappa shape index (κ3) is 4.90. The van der Waals surface area contributed by atoms with Crippen molar-refractivity contribution in [1.82, 2.24) is 4.90 Å². The minimum atomic E-state index is -0.490. The second-order valence-corrected chi connectivity index (χ2v) is 7.28. The number of nitro groups is 1. The monoisotopic (exact) mass is 383 g/mol. The van der Waals surface area contributed by atoms with Gasteiger partial charge in [-0.1, -0.05) is 6.07 Å². The number of benzene rings is 1. The third-order valence-corrected chi connectivity index (χ3v) is 4.42. The van der Waals surface area contributed by atoms with Gasteiger partial charge in [-0.3, -0.25) is 19.8 Å². The number of anilines is 1. The van der Waals surface area contributed by atoms with E-state index in [2.05, 4.69) is 21.2 Å². The normalized spacial score (nSPS) is 10.7. The van der Waals surface area contributed by atoms with Crippen LogP contribution in [0.2, 0.25) is 0 Å². The van der Waals surface area contributed by atoms with Crippen LogP contribution in [0.5, 0.6) is 0 Å². The largest absolute Gasteiger partial charge is 0.325 e. The molecule has 0 unspecified atom stereocenters. The molecule has 0 aliphatic rings. The first-order valence-corrected chi connectivity index (χ1v) is 8.02. The van der Waals surface area contributed by atoms with Crippen molar-refractivity contribution in [3.05, 3.63) is 55.2 Å². The van der Waals surface area contributed by atoms with E-state index >= 15 is 0 Å². The number of halogens is 1. The topological polar surface area (TPSA) is 75.5 Å². The highest BCUT2D eigenvalue weighted by molar-refractivity contribution is 9.11. The third-order valence-electron chi connectivity index (χ3n) is 2.81. The van der Waals surface area contributed by atoms with Crippen molar-refractivity contribution >= 4 is 44.5 Å². The molecule has 0 saturated carbocycles. The number of hydrogen-bond acceptors (Lipinski definition) is 5. The molecular weight excluding hydrogens is 370 g/mol. The lowest BCUT2D eigenvalue weighted by molar-refractivity contribution is -0.384. The molecule has 22 heavy (non-hydrogen) atoms. The van der Waals surface area contributed by atoms with Crippen LogP contribution in [0.15, 0.2) is 40.2 Å². The van der Waals surface area contributed by atoms with Gasteiger partial charge in [-0.25, -0.2) is 0 Å². The van der Waals surface area contributed by atoms with E-state index in [9.17, 15) is 14.9 Å². The fraction of sp³-hybridized carbons (Fsp3) is 0.214. The highest BCUT2D eigenvalue weighted by Gasteiger charge is 2.11. The number of nitrogens with zero attached hydrogens (tertiary/aromatic N) is 2. The summed E-state index contributed by atoms with van der Waals surface area (Å²) in [6.07, 6.45) is 0. The Hall–Kier alpha value is -1.77. The molecule has 8 heteroatoms. The number of carbonyl (C=O) groups excluding carboxylic acids is 1. The van der Waals surface area contributed by atoms with E-state index in [4.69, 9.17) is 0 Å². The molecule has 0 atom stereocenters. The fourth-order valence-corrected chi connectivity index (χ4v) is 3.47. The summed E-state index contributed by atoms with van der Waals surface area (Å²) in [4.78, 5) is 25.2. The van der Waals surface area contributed by atoms with Crippen molar-refractivity contribution in [2.45, 2.75) is 6.54 Å². The summed E-state index contributed by atoms with van der Waals surface area (Å²) in [6.45, 7) is 0.872. The van der Waals surface area contributed by atoms with Gasteiger partial charge in [-0.15, -0.1) is 11.3 Å². The van der Waals surface area contributed by atoms with Crippen LogP contribution in [0, 0.1) is 10.1 Å². The first kappa shape index (κ1) is 16.6. The zero-order valence-corrected chi connectivity index (χ0v) is 14.2. The quantitative estimate of drug-likeness (QED) is 0.611. The second kappa shape index (κ2) is 7.48. The molecule has 2 rings (SSSR count). The summed E-state index contributed by atoms with van der Waals surface area (Å²) < 4.78 is 1.05. The van der Waals surface area contributed by atoms with E-state index in [1.165, 1.54) is 12.1 Å². The molecule has 6 nitrogen and oxygen atoms in total. The van der Waals surface area contributed by atoms with E-state index in [0.717, 1.165) is 8.66 Å². The van der Waals surface area contributed by atoms with Crippen LogP contribution in [0.1, 0.15) is 4.88 Å². The Balaban J connectivity index is 1.89. The average Bonchev–Trinajstić information content (AvgIpc) is 2.83. The Morgan fingerprint density at radius 1 is 1.41 bits per heavy atom. The van der Waals surface area contributed by atoms with E-state index in [0.29, 0.717) is 12.2 Å². The molecule has 1 aromatic carbocycles. The molecular formula is C14H14BrN3O3S. The van der Waals surface area contributed by atoms with E-state index in [1.807, 2.05) is 24.1 Å². The van der Waals surface area contributed by atoms with Gasteiger partial charge in [0, 0.05) is 29.2 Å². The highest BCUT2D eigenvalue weighted by atomic mass is 79.9. The Morgan fingerprint density at radius 3 is 2.82 bits per heavy atom. The lowest BCUT2D eigenvalue weighted by atomic mass is 10.3. The predicted molar refractivity (Wildman–Crippen MR) is 90.1 cm³/mol. The zero-order valence-electron chi connectivity index (χ0n) is 11.8. The zero-order chi connectivity index (χ0) is 16.1. The molecule has 116 valence electrons. The smallest absolute Gasteiger partial charge is 0.271 e. The summed E-state index contributed by atoms with van der Waals surface area (Å²) in [5, 5.41) is 13.4. The van der Waals surface area contributed by atoms with Crippen molar-refractivity contribution in [1.29, 1.82) is 0 Å². The molecule has 2 aromatic rings. The van der Waals surface area contributed by atoms with Crippen LogP contribution >= 0.6 is 27.3 Å². The minimum Gasteiger partial charge on any atom is -0.325 e. The second-order valence-electron chi connectivity index (χ2n) is 4.73. The van der Waals surface area contributed by atoms with Gasteiger partial charge in [-0.2, -0.15) is 0 Å². The molecule has 0 fully saturated rings. The van der Waals surface area contributed by atoms with Gasteiger partial charge in [0.15, 0.2) is 0 Å². The number of likely N-dealkylation sites (N-methyl/N-ethyl adjacent to an activating group) is 1. The molecule has 1 heterocycles. The van der Waals surface area contributed by atoms with Gasteiger partial charge >= 0.3 is 0 Å². The first-order valence-electron chi connectivity index (χ1n) is 6.41. The summed E-state index contributed by atoms with van der Waals surface area (Å²) in [5.74, 6) is -0.210. The molecule has 1 aromatic heterocycles. The number of nitrogens with one attached hydrogen (secondary N) is 1. The van der Waals surface area contributed by atoms with Gasteiger partial charge in [0.1, 0.15) is 0 Å². The lowest BCUT2D eigenvalue weighted by Gasteiger charge is -2.15. The van der Waals surface area contributed by atoms with Crippen molar-refractivity contribution in [3.63, 3.8) is 0 Å². The van der Waals surface area contributed by atoms with Gasteiger partial charge < -0.3 is 5.32 Å². The molecule has 1 N–H and O–H groups in total. The SMILES string of the molecule is CN(CC(=O)Nc1cccc([N+](=O)[O-])c1)Cc1ccc(Br)s1. The fourth-order valence-electron chi connectivity index (χ4n) is 1.90. The number of thiophene rings is 1. The minimum absolute atomic E-state index is 0.0467. The maximum atomic E-state index is 12.0. The standard InChI is InChI=1S/C14H14BrN3O3S/c1-17(8-12-5-6-13(15)22-12)9-14(19)16-10-3-2-4-11(7-10)18(20)21/h2-7H,8-9H2,1H3,(H,16,19). The Labute approximate surface area is 140 Å². The number of rotatable bonds is 6.